The van der Waals surface area contributed by atoms with Crippen LogP contribution < -0.4 is 5.32 Å². The Balaban J connectivity index is 1.77. The minimum atomic E-state index is -2.84. The van der Waals surface area contributed by atoms with Gasteiger partial charge in [-0.15, -0.1) is 0 Å². The van der Waals surface area contributed by atoms with Crippen LogP contribution in [0.2, 0.25) is 0 Å². The van der Waals surface area contributed by atoms with Gasteiger partial charge in [0.15, 0.2) is 0 Å². The Morgan fingerprint density at radius 2 is 1.94 bits per heavy atom. The summed E-state index contributed by atoms with van der Waals surface area (Å²) in [4.78, 5) is 0. The highest BCUT2D eigenvalue weighted by molar-refractivity contribution is 7.91. The molecular weight excluding hydrogens is 234 g/mol. The Hall–Kier alpha value is -0.0900. The van der Waals surface area contributed by atoms with E-state index in [-0.39, 0.29) is 5.25 Å². The monoisotopic (exact) mass is 259 g/mol. The summed E-state index contributed by atoms with van der Waals surface area (Å²) in [6, 6.07) is 0.421. The molecule has 2 aliphatic rings. The van der Waals surface area contributed by atoms with Crippen LogP contribution in [0.5, 0.6) is 0 Å². The molecule has 0 amide bonds. The summed E-state index contributed by atoms with van der Waals surface area (Å²) in [5, 5.41) is 3.47. The van der Waals surface area contributed by atoms with Crippen LogP contribution in [-0.4, -0.2) is 32.5 Å². The van der Waals surface area contributed by atoms with Crippen molar-refractivity contribution in [2.24, 2.45) is 11.8 Å². The van der Waals surface area contributed by atoms with Gasteiger partial charge < -0.3 is 5.32 Å². The molecule has 0 aromatic rings. The smallest absolute Gasteiger partial charge is 0.150 e. The summed E-state index contributed by atoms with van der Waals surface area (Å²) < 4.78 is 23.1. The van der Waals surface area contributed by atoms with E-state index < -0.39 is 9.84 Å². The van der Waals surface area contributed by atoms with Gasteiger partial charge in [-0.2, -0.15) is 0 Å². The molecule has 100 valence electrons. The first-order valence-corrected chi connectivity index (χ1v) is 8.84. The van der Waals surface area contributed by atoms with Crippen LogP contribution in [0.4, 0.5) is 0 Å². The van der Waals surface area contributed by atoms with Crippen molar-refractivity contribution in [2.45, 2.75) is 56.7 Å². The molecule has 0 spiro atoms. The fraction of sp³-hybridized carbons (Fsp3) is 1.00. The van der Waals surface area contributed by atoms with E-state index >= 15 is 0 Å². The van der Waals surface area contributed by atoms with Crippen molar-refractivity contribution in [3.8, 4) is 0 Å². The van der Waals surface area contributed by atoms with Crippen LogP contribution in [0.25, 0.3) is 0 Å². The van der Waals surface area contributed by atoms with E-state index in [1.54, 1.807) is 0 Å². The SMILES string of the molecule is CC(CNC1CCCC(S(C)(=O)=O)C1)C1CC1. The minimum Gasteiger partial charge on any atom is -0.314 e. The number of hydrogen-bond donors (Lipinski definition) is 1. The molecule has 0 aromatic carbocycles. The van der Waals surface area contributed by atoms with Gasteiger partial charge in [-0.3, -0.25) is 0 Å². The Morgan fingerprint density at radius 3 is 2.53 bits per heavy atom. The second kappa shape index (κ2) is 5.27. The lowest BCUT2D eigenvalue weighted by Gasteiger charge is -2.29. The van der Waals surface area contributed by atoms with Gasteiger partial charge >= 0.3 is 0 Å². The largest absolute Gasteiger partial charge is 0.314 e. The third kappa shape index (κ3) is 3.95. The van der Waals surface area contributed by atoms with Crippen LogP contribution in [0.3, 0.4) is 0 Å². The average Bonchev–Trinajstić information content (AvgIpc) is 3.09. The van der Waals surface area contributed by atoms with E-state index in [2.05, 4.69) is 12.2 Å². The second-order valence-corrected chi connectivity index (χ2v) is 8.36. The van der Waals surface area contributed by atoms with Gasteiger partial charge in [0, 0.05) is 12.3 Å². The third-order valence-electron chi connectivity index (χ3n) is 4.39. The Bertz CT molecular complexity index is 348. The zero-order valence-electron chi connectivity index (χ0n) is 11.0. The van der Waals surface area contributed by atoms with Crippen molar-refractivity contribution in [1.82, 2.24) is 5.32 Å². The number of rotatable bonds is 5. The van der Waals surface area contributed by atoms with Crippen LogP contribution in [0.1, 0.15) is 45.4 Å². The van der Waals surface area contributed by atoms with Crippen LogP contribution >= 0.6 is 0 Å². The standard InChI is InChI=1S/C13H25NO2S/c1-10(11-6-7-11)9-14-12-4-3-5-13(8-12)17(2,15)16/h10-14H,3-9H2,1-2H3. The topological polar surface area (TPSA) is 46.2 Å². The van der Waals surface area contributed by atoms with Gasteiger partial charge in [0.2, 0.25) is 0 Å². The molecule has 3 atom stereocenters. The molecule has 3 unspecified atom stereocenters. The maximum absolute atomic E-state index is 11.6. The van der Waals surface area contributed by atoms with Crippen molar-refractivity contribution in [2.75, 3.05) is 12.8 Å². The lowest BCUT2D eigenvalue weighted by atomic mass is 9.94. The Kier molecular flexibility index (Phi) is 4.14. The first-order chi connectivity index (χ1) is 7.97. The fourth-order valence-electron chi connectivity index (χ4n) is 2.90. The molecule has 0 aliphatic heterocycles. The highest BCUT2D eigenvalue weighted by atomic mass is 32.2. The van der Waals surface area contributed by atoms with Crippen molar-refractivity contribution in [3.05, 3.63) is 0 Å². The van der Waals surface area contributed by atoms with Gasteiger partial charge in [0.05, 0.1) is 5.25 Å². The summed E-state index contributed by atoms with van der Waals surface area (Å²) in [7, 11) is -2.84. The molecular formula is C13H25NO2S. The molecule has 1 N–H and O–H groups in total. The summed E-state index contributed by atoms with van der Waals surface area (Å²) >= 11 is 0. The molecule has 2 rings (SSSR count). The predicted molar refractivity (Wildman–Crippen MR) is 70.8 cm³/mol. The molecule has 0 radical (unpaired) electrons. The van der Waals surface area contributed by atoms with E-state index in [0.29, 0.717) is 6.04 Å². The van der Waals surface area contributed by atoms with E-state index in [1.165, 1.54) is 19.1 Å². The lowest BCUT2D eigenvalue weighted by Crippen LogP contribution is -2.40. The lowest BCUT2D eigenvalue weighted by molar-refractivity contribution is 0.341. The summed E-state index contributed by atoms with van der Waals surface area (Å²) in [5.74, 6) is 1.69. The number of nitrogens with one attached hydrogen (secondary N) is 1. The van der Waals surface area contributed by atoms with E-state index in [1.807, 2.05) is 0 Å². The molecule has 0 bridgehead atoms. The quantitative estimate of drug-likeness (QED) is 0.821. The van der Waals surface area contributed by atoms with Crippen LogP contribution in [0, 0.1) is 11.8 Å². The molecule has 0 heterocycles. The first-order valence-electron chi connectivity index (χ1n) is 6.89. The molecule has 17 heavy (non-hydrogen) atoms. The molecule has 2 aliphatic carbocycles. The van der Waals surface area contributed by atoms with Crippen molar-refractivity contribution >= 4 is 9.84 Å². The van der Waals surface area contributed by atoms with E-state index in [9.17, 15) is 8.42 Å². The van der Waals surface area contributed by atoms with E-state index in [4.69, 9.17) is 0 Å². The average molecular weight is 259 g/mol. The van der Waals surface area contributed by atoms with Gasteiger partial charge in [0.1, 0.15) is 9.84 Å². The van der Waals surface area contributed by atoms with E-state index in [0.717, 1.165) is 44.1 Å². The summed E-state index contributed by atoms with van der Waals surface area (Å²) in [6.07, 6.45) is 8.02. The first kappa shape index (κ1) is 13.3. The zero-order chi connectivity index (χ0) is 12.5. The maximum Gasteiger partial charge on any atom is 0.150 e. The van der Waals surface area contributed by atoms with Crippen molar-refractivity contribution < 1.29 is 8.42 Å². The van der Waals surface area contributed by atoms with Crippen molar-refractivity contribution in [3.63, 3.8) is 0 Å². The minimum absolute atomic E-state index is 0.106. The molecule has 4 heteroatoms. The van der Waals surface area contributed by atoms with Crippen LogP contribution in [-0.2, 0) is 9.84 Å². The summed E-state index contributed by atoms with van der Waals surface area (Å²) in [5.41, 5.74) is 0. The molecule has 0 aromatic heterocycles. The van der Waals surface area contributed by atoms with Gasteiger partial charge in [-0.05, 0) is 50.5 Å². The fourth-order valence-corrected chi connectivity index (χ4v) is 4.08. The highest BCUT2D eigenvalue weighted by Gasteiger charge is 2.31. The third-order valence-corrected chi connectivity index (χ3v) is 6.03. The van der Waals surface area contributed by atoms with Crippen LogP contribution in [0.15, 0.2) is 0 Å². The van der Waals surface area contributed by atoms with Gasteiger partial charge in [0.25, 0.3) is 0 Å². The van der Waals surface area contributed by atoms with Gasteiger partial charge in [-0.1, -0.05) is 13.3 Å². The van der Waals surface area contributed by atoms with Crippen molar-refractivity contribution in [1.29, 1.82) is 0 Å². The molecule has 3 nitrogen and oxygen atoms in total. The van der Waals surface area contributed by atoms with Gasteiger partial charge in [-0.25, -0.2) is 8.42 Å². The normalized spacial score (nSPS) is 32.4. The molecule has 2 saturated carbocycles. The highest BCUT2D eigenvalue weighted by Crippen LogP contribution is 2.36. The molecule has 2 fully saturated rings. The number of hydrogen-bond acceptors (Lipinski definition) is 3. The Labute approximate surface area is 105 Å². The Morgan fingerprint density at radius 1 is 1.24 bits per heavy atom. The number of sulfone groups is 1. The maximum atomic E-state index is 11.6. The second-order valence-electron chi connectivity index (χ2n) is 6.04. The zero-order valence-corrected chi connectivity index (χ0v) is 11.8. The predicted octanol–water partition coefficient (Wildman–Crippen LogP) is 1.98. The summed E-state index contributed by atoms with van der Waals surface area (Å²) in [6.45, 7) is 3.37. The molecule has 0 saturated heterocycles.